The molecule has 1 atom stereocenters. The second-order valence-corrected chi connectivity index (χ2v) is 4.64. The molecule has 0 aliphatic carbocycles. The first kappa shape index (κ1) is 13.2. The van der Waals surface area contributed by atoms with Crippen molar-refractivity contribution < 1.29 is 9.21 Å². The largest absolute Gasteiger partial charge is 0.451 e. The number of carbonyl (C=O) groups excluding carboxylic acids is 1. The zero-order valence-electron chi connectivity index (χ0n) is 11.2. The third-order valence-electron chi connectivity index (χ3n) is 3.09. The molecule has 19 heavy (non-hydrogen) atoms. The molecule has 1 N–H and O–H groups in total. The smallest absolute Gasteiger partial charge is 0.287 e. The number of nitrogens with one attached hydrogen (secondary N) is 1. The minimum absolute atomic E-state index is 0.00699. The molecule has 0 bridgehead atoms. The lowest BCUT2D eigenvalue weighted by Crippen LogP contribution is -2.33. The molecule has 0 aliphatic rings. The zero-order valence-corrected chi connectivity index (χ0v) is 11.2. The van der Waals surface area contributed by atoms with Crippen molar-refractivity contribution in [2.75, 3.05) is 0 Å². The molecule has 1 unspecified atom stereocenters. The van der Waals surface area contributed by atoms with Gasteiger partial charge in [-0.05, 0) is 31.5 Å². The van der Waals surface area contributed by atoms with Gasteiger partial charge in [-0.3, -0.25) is 4.79 Å². The average Bonchev–Trinajstić information content (AvgIpc) is 2.81. The highest BCUT2D eigenvalue weighted by atomic mass is 16.3. The normalized spacial score (nSPS) is 12.1. The van der Waals surface area contributed by atoms with E-state index in [1.54, 1.807) is 6.07 Å². The van der Waals surface area contributed by atoms with Crippen LogP contribution in [0.5, 0.6) is 0 Å². The molecule has 1 amide bonds. The summed E-state index contributed by atoms with van der Waals surface area (Å²) in [6, 6.07) is 7.59. The van der Waals surface area contributed by atoms with E-state index in [0.29, 0.717) is 12.2 Å². The van der Waals surface area contributed by atoms with Crippen molar-refractivity contribution in [3.05, 3.63) is 35.6 Å². The monoisotopic (exact) mass is 255 g/mol. The number of amides is 1. The van der Waals surface area contributed by atoms with Crippen LogP contribution in [-0.2, 0) is 0 Å². The van der Waals surface area contributed by atoms with Gasteiger partial charge in [-0.15, -0.1) is 12.3 Å². The van der Waals surface area contributed by atoms with Crippen LogP contribution in [0.4, 0.5) is 0 Å². The Kier molecular flexibility index (Phi) is 3.91. The Morgan fingerprint density at radius 2 is 2.26 bits per heavy atom. The van der Waals surface area contributed by atoms with Crippen LogP contribution in [0.2, 0.25) is 0 Å². The van der Waals surface area contributed by atoms with Crippen LogP contribution in [0.25, 0.3) is 11.0 Å². The third-order valence-corrected chi connectivity index (χ3v) is 3.09. The van der Waals surface area contributed by atoms with Crippen molar-refractivity contribution in [2.45, 2.75) is 32.7 Å². The molecule has 1 aromatic heterocycles. The average molecular weight is 255 g/mol. The Morgan fingerprint density at radius 3 is 2.95 bits per heavy atom. The SMILES string of the molecule is C#CCC(CC)NC(=O)c1cc2cc(C)ccc2o1. The quantitative estimate of drug-likeness (QED) is 0.852. The molecule has 2 aromatic rings. The fourth-order valence-electron chi connectivity index (χ4n) is 1.97. The van der Waals surface area contributed by atoms with Crippen LogP contribution in [-0.4, -0.2) is 11.9 Å². The van der Waals surface area contributed by atoms with Crippen molar-refractivity contribution in [3.63, 3.8) is 0 Å². The molecule has 3 heteroatoms. The summed E-state index contributed by atoms with van der Waals surface area (Å²) in [5.74, 6) is 2.68. The lowest BCUT2D eigenvalue weighted by molar-refractivity contribution is 0.0911. The van der Waals surface area contributed by atoms with Crippen molar-refractivity contribution in [3.8, 4) is 12.3 Å². The van der Waals surface area contributed by atoms with Crippen LogP contribution in [0.3, 0.4) is 0 Å². The van der Waals surface area contributed by atoms with Gasteiger partial charge in [0, 0.05) is 17.8 Å². The molecule has 3 nitrogen and oxygen atoms in total. The summed E-state index contributed by atoms with van der Waals surface area (Å²) in [6.07, 6.45) is 6.60. The minimum Gasteiger partial charge on any atom is -0.451 e. The predicted molar refractivity (Wildman–Crippen MR) is 75.9 cm³/mol. The number of terminal acetylenes is 1. The van der Waals surface area contributed by atoms with Crippen LogP contribution in [0.1, 0.15) is 35.9 Å². The minimum atomic E-state index is -0.212. The van der Waals surface area contributed by atoms with E-state index in [1.165, 1.54) is 0 Å². The summed E-state index contributed by atoms with van der Waals surface area (Å²) >= 11 is 0. The second kappa shape index (κ2) is 5.62. The molecular formula is C16H17NO2. The van der Waals surface area contributed by atoms with Gasteiger partial charge in [0.2, 0.25) is 0 Å². The standard InChI is InChI=1S/C16H17NO2/c1-4-6-13(5-2)17-16(18)15-10-12-9-11(3)7-8-14(12)19-15/h1,7-10,13H,5-6H2,2-3H3,(H,17,18). The van der Waals surface area contributed by atoms with E-state index < -0.39 is 0 Å². The Bertz CT molecular complexity index is 634. The lowest BCUT2D eigenvalue weighted by atomic mass is 10.1. The lowest BCUT2D eigenvalue weighted by Gasteiger charge is -2.12. The van der Waals surface area contributed by atoms with E-state index in [-0.39, 0.29) is 11.9 Å². The van der Waals surface area contributed by atoms with Gasteiger partial charge in [-0.1, -0.05) is 18.6 Å². The Labute approximate surface area is 113 Å². The zero-order chi connectivity index (χ0) is 13.8. The molecule has 2 rings (SSSR count). The van der Waals surface area contributed by atoms with Crippen molar-refractivity contribution in [1.29, 1.82) is 0 Å². The number of fused-ring (bicyclic) bond motifs is 1. The fraction of sp³-hybridized carbons (Fsp3) is 0.312. The second-order valence-electron chi connectivity index (χ2n) is 4.64. The van der Waals surface area contributed by atoms with Gasteiger partial charge >= 0.3 is 0 Å². The summed E-state index contributed by atoms with van der Waals surface area (Å²) in [5, 5.41) is 3.82. The van der Waals surface area contributed by atoms with Gasteiger partial charge in [-0.25, -0.2) is 0 Å². The maximum absolute atomic E-state index is 12.1. The number of carbonyl (C=O) groups is 1. The number of benzene rings is 1. The first-order valence-corrected chi connectivity index (χ1v) is 6.38. The van der Waals surface area contributed by atoms with E-state index in [4.69, 9.17) is 10.8 Å². The van der Waals surface area contributed by atoms with Crippen LogP contribution in [0.15, 0.2) is 28.7 Å². The molecule has 0 radical (unpaired) electrons. The molecule has 0 saturated heterocycles. The highest BCUT2D eigenvalue weighted by Crippen LogP contribution is 2.20. The van der Waals surface area contributed by atoms with Crippen molar-refractivity contribution in [1.82, 2.24) is 5.32 Å². The van der Waals surface area contributed by atoms with Gasteiger partial charge in [0.15, 0.2) is 5.76 Å². The van der Waals surface area contributed by atoms with Gasteiger partial charge in [0.1, 0.15) is 5.58 Å². The van der Waals surface area contributed by atoms with E-state index in [9.17, 15) is 4.79 Å². The van der Waals surface area contributed by atoms with Crippen LogP contribution < -0.4 is 5.32 Å². The number of hydrogen-bond acceptors (Lipinski definition) is 2. The predicted octanol–water partition coefficient (Wildman–Crippen LogP) is 3.27. The first-order valence-electron chi connectivity index (χ1n) is 6.38. The summed E-state index contributed by atoms with van der Waals surface area (Å²) < 4.78 is 5.54. The fourth-order valence-corrected chi connectivity index (χ4v) is 1.97. The Hall–Kier alpha value is -2.21. The van der Waals surface area contributed by atoms with Gasteiger partial charge < -0.3 is 9.73 Å². The van der Waals surface area contributed by atoms with E-state index in [0.717, 1.165) is 23.0 Å². The number of aryl methyl sites for hydroxylation is 1. The highest BCUT2D eigenvalue weighted by Gasteiger charge is 2.15. The summed E-state index contributed by atoms with van der Waals surface area (Å²) in [4.78, 5) is 12.1. The molecule has 1 heterocycles. The summed E-state index contributed by atoms with van der Waals surface area (Å²) in [7, 11) is 0. The number of furan rings is 1. The van der Waals surface area contributed by atoms with Crippen molar-refractivity contribution in [2.24, 2.45) is 0 Å². The Balaban J connectivity index is 2.19. The van der Waals surface area contributed by atoms with E-state index >= 15 is 0 Å². The molecular weight excluding hydrogens is 238 g/mol. The molecule has 98 valence electrons. The summed E-state index contributed by atoms with van der Waals surface area (Å²) in [5.41, 5.74) is 1.86. The third kappa shape index (κ3) is 2.97. The molecule has 0 fully saturated rings. The maximum atomic E-state index is 12.1. The number of hydrogen-bond donors (Lipinski definition) is 1. The van der Waals surface area contributed by atoms with Crippen LogP contribution >= 0.6 is 0 Å². The maximum Gasteiger partial charge on any atom is 0.287 e. The van der Waals surface area contributed by atoms with Gasteiger partial charge in [0.25, 0.3) is 5.91 Å². The molecule has 0 spiro atoms. The van der Waals surface area contributed by atoms with Crippen molar-refractivity contribution >= 4 is 16.9 Å². The van der Waals surface area contributed by atoms with E-state index in [1.807, 2.05) is 32.0 Å². The van der Waals surface area contributed by atoms with Gasteiger partial charge in [0.05, 0.1) is 0 Å². The van der Waals surface area contributed by atoms with E-state index in [2.05, 4.69) is 11.2 Å². The van der Waals surface area contributed by atoms with Crippen LogP contribution in [0, 0.1) is 19.3 Å². The molecule has 1 aromatic carbocycles. The summed E-state index contributed by atoms with van der Waals surface area (Å²) in [6.45, 7) is 4.00. The Morgan fingerprint density at radius 1 is 1.47 bits per heavy atom. The highest BCUT2D eigenvalue weighted by molar-refractivity contribution is 5.96. The van der Waals surface area contributed by atoms with Gasteiger partial charge in [-0.2, -0.15) is 0 Å². The number of rotatable bonds is 4. The first-order chi connectivity index (χ1) is 9.13. The topological polar surface area (TPSA) is 42.2 Å². The molecule has 0 aliphatic heterocycles. The molecule has 0 saturated carbocycles.